The second kappa shape index (κ2) is 6.19. The SMILES string of the molecule is O=C(CNc1ccccc1)Cc1cc(Cl)cc2c1OCC2. The highest BCUT2D eigenvalue weighted by Gasteiger charge is 2.19. The number of fused-ring (bicyclic) bond motifs is 1. The maximum Gasteiger partial charge on any atom is 0.156 e. The van der Waals surface area contributed by atoms with Crippen LogP contribution in [0, 0.1) is 0 Å². The molecule has 3 rings (SSSR count). The third-order valence-corrected chi connectivity index (χ3v) is 3.69. The van der Waals surface area contributed by atoms with Crippen molar-refractivity contribution in [2.75, 3.05) is 18.5 Å². The minimum atomic E-state index is 0.110. The fourth-order valence-corrected chi connectivity index (χ4v) is 2.77. The Bertz CT molecular complexity index is 655. The lowest BCUT2D eigenvalue weighted by Gasteiger charge is -2.09. The summed E-state index contributed by atoms with van der Waals surface area (Å²) in [7, 11) is 0. The number of ketones is 1. The van der Waals surface area contributed by atoms with Gasteiger partial charge in [0.15, 0.2) is 5.78 Å². The molecule has 2 aromatic rings. The van der Waals surface area contributed by atoms with Crippen LogP contribution in [-0.4, -0.2) is 18.9 Å². The molecule has 0 aromatic heterocycles. The fraction of sp³-hybridized carbons (Fsp3) is 0.235. The van der Waals surface area contributed by atoms with Crippen LogP contribution in [0.1, 0.15) is 11.1 Å². The lowest BCUT2D eigenvalue weighted by molar-refractivity contribution is -0.116. The van der Waals surface area contributed by atoms with E-state index < -0.39 is 0 Å². The molecular weight excluding hydrogens is 286 g/mol. The Kier molecular flexibility index (Phi) is 4.11. The van der Waals surface area contributed by atoms with Crippen molar-refractivity contribution in [3.8, 4) is 5.75 Å². The number of carbonyl (C=O) groups is 1. The van der Waals surface area contributed by atoms with Gasteiger partial charge in [-0.1, -0.05) is 29.8 Å². The number of Topliss-reactive ketones (excluding diaryl/α,β-unsaturated/α-hetero) is 1. The van der Waals surface area contributed by atoms with E-state index in [0.717, 1.165) is 29.0 Å². The first-order valence-electron chi connectivity index (χ1n) is 6.97. The van der Waals surface area contributed by atoms with E-state index in [4.69, 9.17) is 16.3 Å². The Morgan fingerprint density at radius 3 is 2.86 bits per heavy atom. The normalized spacial score (nSPS) is 12.6. The molecule has 1 aliphatic rings. The molecule has 2 aromatic carbocycles. The second-order valence-electron chi connectivity index (χ2n) is 5.09. The summed E-state index contributed by atoms with van der Waals surface area (Å²) in [5, 5.41) is 3.79. The molecule has 0 saturated heterocycles. The molecule has 1 aliphatic heterocycles. The Morgan fingerprint density at radius 2 is 2.05 bits per heavy atom. The van der Waals surface area contributed by atoms with Gasteiger partial charge in [0.1, 0.15) is 5.75 Å². The molecule has 3 nitrogen and oxygen atoms in total. The molecule has 4 heteroatoms. The van der Waals surface area contributed by atoms with Crippen molar-refractivity contribution in [3.05, 3.63) is 58.6 Å². The first-order chi connectivity index (χ1) is 10.2. The van der Waals surface area contributed by atoms with Crippen LogP contribution in [0.5, 0.6) is 5.75 Å². The van der Waals surface area contributed by atoms with Gasteiger partial charge in [0.25, 0.3) is 0 Å². The van der Waals surface area contributed by atoms with Crippen molar-refractivity contribution in [1.82, 2.24) is 0 Å². The molecule has 0 bridgehead atoms. The van der Waals surface area contributed by atoms with E-state index in [-0.39, 0.29) is 5.78 Å². The summed E-state index contributed by atoms with van der Waals surface area (Å²) in [5.41, 5.74) is 2.93. The zero-order valence-corrected chi connectivity index (χ0v) is 12.3. The van der Waals surface area contributed by atoms with Crippen LogP contribution >= 0.6 is 11.6 Å². The summed E-state index contributed by atoms with van der Waals surface area (Å²) in [6.07, 6.45) is 1.20. The summed E-state index contributed by atoms with van der Waals surface area (Å²) in [4.78, 5) is 12.1. The first-order valence-corrected chi connectivity index (χ1v) is 7.35. The number of benzene rings is 2. The van der Waals surface area contributed by atoms with Gasteiger partial charge in [-0.15, -0.1) is 0 Å². The maximum absolute atomic E-state index is 12.1. The summed E-state index contributed by atoms with van der Waals surface area (Å²) < 4.78 is 5.62. The number of halogens is 1. The molecule has 108 valence electrons. The lowest BCUT2D eigenvalue weighted by Crippen LogP contribution is -2.16. The van der Waals surface area contributed by atoms with Crippen LogP contribution in [0.2, 0.25) is 5.02 Å². The van der Waals surface area contributed by atoms with E-state index in [9.17, 15) is 4.79 Å². The van der Waals surface area contributed by atoms with E-state index in [1.54, 1.807) is 0 Å². The molecule has 0 aliphatic carbocycles. The third-order valence-electron chi connectivity index (χ3n) is 3.48. The minimum absolute atomic E-state index is 0.110. The smallest absolute Gasteiger partial charge is 0.156 e. The maximum atomic E-state index is 12.1. The molecule has 0 atom stereocenters. The number of hydrogen-bond donors (Lipinski definition) is 1. The average molecular weight is 302 g/mol. The van der Waals surface area contributed by atoms with Gasteiger partial charge in [0.2, 0.25) is 0 Å². The molecule has 1 N–H and O–H groups in total. The molecule has 1 heterocycles. The zero-order chi connectivity index (χ0) is 14.7. The van der Waals surface area contributed by atoms with Gasteiger partial charge in [-0.25, -0.2) is 0 Å². The summed E-state index contributed by atoms with van der Waals surface area (Å²) in [6.45, 7) is 0.963. The van der Waals surface area contributed by atoms with E-state index in [1.807, 2.05) is 42.5 Å². The Morgan fingerprint density at radius 1 is 1.24 bits per heavy atom. The number of rotatable bonds is 5. The minimum Gasteiger partial charge on any atom is -0.493 e. The van der Waals surface area contributed by atoms with Crippen LogP contribution in [0.4, 0.5) is 5.69 Å². The molecule has 0 unspecified atom stereocenters. The van der Waals surface area contributed by atoms with Gasteiger partial charge >= 0.3 is 0 Å². The van der Waals surface area contributed by atoms with Crippen molar-refractivity contribution in [2.45, 2.75) is 12.8 Å². The molecule has 0 amide bonds. The van der Waals surface area contributed by atoms with Crippen molar-refractivity contribution in [1.29, 1.82) is 0 Å². The summed E-state index contributed by atoms with van der Waals surface area (Å²) >= 11 is 6.10. The molecule has 0 spiro atoms. The Balaban J connectivity index is 1.65. The van der Waals surface area contributed by atoms with Gasteiger partial charge in [-0.05, 0) is 29.8 Å². The van der Waals surface area contributed by atoms with Gasteiger partial charge < -0.3 is 10.1 Å². The highest BCUT2D eigenvalue weighted by Crippen LogP contribution is 2.33. The van der Waals surface area contributed by atoms with Crippen LogP contribution in [0.15, 0.2) is 42.5 Å². The number of ether oxygens (including phenoxy) is 1. The third kappa shape index (κ3) is 3.37. The molecular formula is C17H16ClNO2. The lowest BCUT2D eigenvalue weighted by atomic mass is 10.0. The van der Waals surface area contributed by atoms with Crippen molar-refractivity contribution in [3.63, 3.8) is 0 Å². The largest absolute Gasteiger partial charge is 0.493 e. The number of carbonyl (C=O) groups excluding carboxylic acids is 1. The number of para-hydroxylation sites is 1. The Labute approximate surface area is 128 Å². The van der Waals surface area contributed by atoms with Crippen LogP contribution in [0.3, 0.4) is 0 Å². The summed E-state index contributed by atoms with van der Waals surface area (Å²) in [6, 6.07) is 13.4. The van der Waals surface area contributed by atoms with Gasteiger partial charge in [0, 0.05) is 29.1 Å². The average Bonchev–Trinajstić information content (AvgIpc) is 2.94. The number of anilines is 1. The first kappa shape index (κ1) is 14.0. The highest BCUT2D eigenvalue weighted by atomic mass is 35.5. The summed E-state index contributed by atoms with van der Waals surface area (Å²) in [5.74, 6) is 0.950. The van der Waals surface area contributed by atoms with Gasteiger partial charge in [-0.3, -0.25) is 4.79 Å². The van der Waals surface area contributed by atoms with Crippen LogP contribution in [-0.2, 0) is 17.6 Å². The van der Waals surface area contributed by atoms with E-state index >= 15 is 0 Å². The quantitative estimate of drug-likeness (QED) is 0.918. The fourth-order valence-electron chi connectivity index (χ4n) is 2.51. The van der Waals surface area contributed by atoms with Crippen molar-refractivity contribution >= 4 is 23.1 Å². The monoisotopic (exact) mass is 301 g/mol. The van der Waals surface area contributed by atoms with Gasteiger partial charge in [0.05, 0.1) is 13.2 Å². The molecule has 0 fully saturated rings. The molecule has 0 radical (unpaired) electrons. The van der Waals surface area contributed by atoms with E-state index in [1.165, 1.54) is 0 Å². The predicted molar refractivity (Wildman–Crippen MR) is 84.3 cm³/mol. The standard InChI is InChI=1S/C17H16ClNO2/c18-14-8-12-6-7-21-17(12)13(9-14)10-16(20)11-19-15-4-2-1-3-5-15/h1-5,8-9,19H,6-7,10-11H2. The number of nitrogens with one attached hydrogen (secondary N) is 1. The van der Waals surface area contributed by atoms with Crippen LogP contribution in [0.25, 0.3) is 0 Å². The van der Waals surface area contributed by atoms with E-state index in [2.05, 4.69) is 5.32 Å². The second-order valence-corrected chi connectivity index (χ2v) is 5.52. The van der Waals surface area contributed by atoms with Crippen LogP contribution < -0.4 is 10.1 Å². The molecule has 0 saturated carbocycles. The topological polar surface area (TPSA) is 38.3 Å². The van der Waals surface area contributed by atoms with Crippen molar-refractivity contribution in [2.24, 2.45) is 0 Å². The van der Waals surface area contributed by atoms with Crippen molar-refractivity contribution < 1.29 is 9.53 Å². The zero-order valence-electron chi connectivity index (χ0n) is 11.6. The highest BCUT2D eigenvalue weighted by molar-refractivity contribution is 6.30. The van der Waals surface area contributed by atoms with E-state index in [0.29, 0.717) is 24.6 Å². The predicted octanol–water partition coefficient (Wildman–Crippen LogP) is 3.50. The molecule has 21 heavy (non-hydrogen) atoms. The number of hydrogen-bond acceptors (Lipinski definition) is 3. The Hall–Kier alpha value is -2.00. The van der Waals surface area contributed by atoms with Gasteiger partial charge in [-0.2, -0.15) is 0 Å².